The van der Waals surface area contributed by atoms with E-state index < -0.39 is 11.6 Å². The highest BCUT2D eigenvalue weighted by Gasteiger charge is 2.59. The number of hydrogen-bond acceptors (Lipinski definition) is 6. The lowest BCUT2D eigenvalue weighted by atomic mass is 9.94. The van der Waals surface area contributed by atoms with Gasteiger partial charge < -0.3 is 24.1 Å². The monoisotopic (exact) mass is 371 g/mol. The lowest BCUT2D eigenvalue weighted by molar-refractivity contribution is -0.0654. The molecule has 144 valence electrons. The topological polar surface area (TPSA) is 60.4 Å². The van der Waals surface area contributed by atoms with Gasteiger partial charge in [0, 0.05) is 0 Å². The molecular formula is C21H25NO5. The average molecular weight is 371 g/mol. The number of aliphatic hydroxyl groups is 1. The van der Waals surface area contributed by atoms with Gasteiger partial charge in [0.2, 0.25) is 0 Å². The van der Waals surface area contributed by atoms with Crippen molar-refractivity contribution in [2.75, 3.05) is 27.4 Å². The Kier molecular flexibility index (Phi) is 4.82. The van der Waals surface area contributed by atoms with Gasteiger partial charge in [0.1, 0.15) is 24.0 Å². The minimum absolute atomic E-state index is 0.305. The van der Waals surface area contributed by atoms with E-state index in [9.17, 15) is 5.11 Å². The third-order valence-corrected chi connectivity index (χ3v) is 5.58. The van der Waals surface area contributed by atoms with Crippen molar-refractivity contribution >= 4 is 0 Å². The van der Waals surface area contributed by atoms with Crippen molar-refractivity contribution in [3.63, 3.8) is 0 Å². The number of nitrogens with zero attached hydrogens (tertiary/aromatic N) is 1. The zero-order chi connectivity index (χ0) is 19.0. The van der Waals surface area contributed by atoms with Crippen molar-refractivity contribution in [1.29, 1.82) is 0 Å². The van der Waals surface area contributed by atoms with Gasteiger partial charge in [0.05, 0.1) is 39.1 Å². The molecule has 6 nitrogen and oxygen atoms in total. The minimum Gasteiger partial charge on any atom is -0.497 e. The van der Waals surface area contributed by atoms with Crippen molar-refractivity contribution < 1.29 is 24.1 Å². The largest absolute Gasteiger partial charge is 0.497 e. The van der Waals surface area contributed by atoms with Crippen LogP contribution >= 0.6 is 0 Å². The molecule has 0 aromatic heterocycles. The number of ether oxygens (including phenoxy) is 4. The third-order valence-electron chi connectivity index (χ3n) is 5.58. The van der Waals surface area contributed by atoms with E-state index in [1.165, 1.54) is 0 Å². The molecular weight excluding hydrogens is 346 g/mol. The Bertz CT molecular complexity index is 715. The highest BCUT2D eigenvalue weighted by Crippen LogP contribution is 2.50. The lowest BCUT2D eigenvalue weighted by Gasteiger charge is -2.36. The summed E-state index contributed by atoms with van der Waals surface area (Å²) in [5.74, 6) is 1.59. The van der Waals surface area contributed by atoms with E-state index >= 15 is 0 Å². The van der Waals surface area contributed by atoms with Gasteiger partial charge in [0.25, 0.3) is 0 Å². The minimum atomic E-state index is -0.594. The summed E-state index contributed by atoms with van der Waals surface area (Å²) in [6.07, 6.45) is -1.20. The van der Waals surface area contributed by atoms with E-state index in [1.807, 2.05) is 48.5 Å². The van der Waals surface area contributed by atoms with Gasteiger partial charge in [-0.3, -0.25) is 0 Å². The summed E-state index contributed by atoms with van der Waals surface area (Å²) in [7, 11) is 3.29. The predicted molar refractivity (Wildman–Crippen MR) is 99.6 cm³/mol. The normalized spacial score (nSPS) is 28.7. The van der Waals surface area contributed by atoms with Gasteiger partial charge in [-0.1, -0.05) is 24.3 Å². The molecule has 0 radical (unpaired) electrons. The third kappa shape index (κ3) is 2.99. The fourth-order valence-electron chi connectivity index (χ4n) is 3.90. The smallest absolute Gasteiger partial charge is 0.139 e. The molecule has 1 N–H and O–H groups in total. The van der Waals surface area contributed by atoms with E-state index in [4.69, 9.17) is 18.9 Å². The van der Waals surface area contributed by atoms with Crippen LogP contribution in [0.1, 0.15) is 30.5 Å². The summed E-state index contributed by atoms with van der Waals surface area (Å²) < 4.78 is 22.8. The fourth-order valence-corrected chi connectivity index (χ4v) is 3.90. The predicted octanol–water partition coefficient (Wildman–Crippen LogP) is 2.88. The Morgan fingerprint density at radius 1 is 0.889 bits per heavy atom. The van der Waals surface area contributed by atoms with Crippen molar-refractivity contribution in [2.24, 2.45) is 0 Å². The first-order valence-electron chi connectivity index (χ1n) is 9.06. The summed E-state index contributed by atoms with van der Waals surface area (Å²) in [4.78, 5) is 2.15. The molecule has 27 heavy (non-hydrogen) atoms. The molecule has 2 fully saturated rings. The zero-order valence-corrected chi connectivity index (χ0v) is 15.8. The highest BCUT2D eigenvalue weighted by atomic mass is 16.6. The standard InChI is InChI=1S/C21H25NO5/c1-14(23)21-12-26-19(15-4-8-17(24-2)9-5-15)22(21)20(27-13-21)16-6-10-18(25-3)11-7-16/h4-11,14,19-20,23H,12-13H2,1-3H3. The van der Waals surface area contributed by atoms with Crippen LogP contribution in [0.2, 0.25) is 0 Å². The first kappa shape index (κ1) is 18.3. The van der Waals surface area contributed by atoms with E-state index in [2.05, 4.69) is 4.90 Å². The van der Waals surface area contributed by atoms with E-state index in [0.717, 1.165) is 22.6 Å². The van der Waals surface area contributed by atoms with Crippen LogP contribution in [-0.4, -0.2) is 49.1 Å². The van der Waals surface area contributed by atoms with Gasteiger partial charge in [-0.15, -0.1) is 0 Å². The van der Waals surface area contributed by atoms with Crippen LogP contribution < -0.4 is 9.47 Å². The van der Waals surface area contributed by atoms with Crippen LogP contribution in [0.4, 0.5) is 0 Å². The van der Waals surface area contributed by atoms with Gasteiger partial charge in [-0.2, -0.15) is 0 Å². The maximum atomic E-state index is 10.6. The van der Waals surface area contributed by atoms with Crippen molar-refractivity contribution in [1.82, 2.24) is 4.90 Å². The Morgan fingerprint density at radius 2 is 1.30 bits per heavy atom. The molecule has 0 amide bonds. The second-order valence-electron chi connectivity index (χ2n) is 7.06. The maximum Gasteiger partial charge on any atom is 0.139 e. The molecule has 3 unspecified atom stereocenters. The van der Waals surface area contributed by atoms with Crippen LogP contribution in [0.5, 0.6) is 11.5 Å². The maximum absolute atomic E-state index is 10.6. The van der Waals surface area contributed by atoms with Gasteiger partial charge in [-0.25, -0.2) is 4.90 Å². The Balaban J connectivity index is 1.70. The van der Waals surface area contributed by atoms with Crippen LogP contribution in [0.25, 0.3) is 0 Å². The summed E-state index contributed by atoms with van der Waals surface area (Å²) in [6, 6.07) is 15.6. The number of methoxy groups -OCH3 is 2. The van der Waals surface area contributed by atoms with Gasteiger partial charge in [-0.05, 0) is 42.3 Å². The molecule has 2 aliphatic rings. The SMILES string of the molecule is COc1ccc(C2OCC3(C(C)O)COC(c4ccc(OC)cc4)N23)cc1. The molecule has 2 aromatic rings. The molecule has 2 saturated heterocycles. The zero-order valence-electron chi connectivity index (χ0n) is 15.8. The van der Waals surface area contributed by atoms with Crippen LogP contribution in [0.3, 0.4) is 0 Å². The van der Waals surface area contributed by atoms with Crippen LogP contribution in [-0.2, 0) is 9.47 Å². The molecule has 6 heteroatoms. The van der Waals surface area contributed by atoms with Crippen molar-refractivity contribution in [2.45, 2.75) is 31.0 Å². The van der Waals surface area contributed by atoms with E-state index in [0.29, 0.717) is 13.2 Å². The Morgan fingerprint density at radius 3 is 1.63 bits per heavy atom. The fraction of sp³-hybridized carbons (Fsp3) is 0.429. The molecule has 2 heterocycles. The summed E-state index contributed by atoms with van der Waals surface area (Å²) in [6.45, 7) is 2.62. The summed E-state index contributed by atoms with van der Waals surface area (Å²) >= 11 is 0. The van der Waals surface area contributed by atoms with Crippen LogP contribution in [0, 0.1) is 0 Å². The molecule has 2 aliphatic heterocycles. The van der Waals surface area contributed by atoms with E-state index in [1.54, 1.807) is 21.1 Å². The van der Waals surface area contributed by atoms with Gasteiger partial charge >= 0.3 is 0 Å². The van der Waals surface area contributed by atoms with Crippen LogP contribution in [0.15, 0.2) is 48.5 Å². The second-order valence-corrected chi connectivity index (χ2v) is 7.06. The number of hydrogen-bond donors (Lipinski definition) is 1. The van der Waals surface area contributed by atoms with Crippen molar-refractivity contribution in [3.05, 3.63) is 59.7 Å². The summed E-state index contributed by atoms with van der Waals surface area (Å²) in [5, 5.41) is 10.6. The molecule has 0 aliphatic carbocycles. The molecule has 0 spiro atoms. The molecule has 2 aromatic carbocycles. The number of fused-ring (bicyclic) bond motifs is 1. The molecule has 0 saturated carbocycles. The average Bonchev–Trinajstić information content (AvgIpc) is 3.27. The summed E-state index contributed by atoms with van der Waals surface area (Å²) in [5.41, 5.74) is 1.43. The van der Waals surface area contributed by atoms with Gasteiger partial charge in [0.15, 0.2) is 0 Å². The lowest BCUT2D eigenvalue weighted by Crippen LogP contribution is -2.52. The Hall–Kier alpha value is -2.12. The first-order chi connectivity index (χ1) is 13.1. The second kappa shape index (κ2) is 7.13. The molecule has 3 atom stereocenters. The number of benzene rings is 2. The number of rotatable bonds is 5. The Labute approximate surface area is 159 Å². The quantitative estimate of drug-likeness (QED) is 0.872. The van der Waals surface area contributed by atoms with Crippen molar-refractivity contribution in [3.8, 4) is 11.5 Å². The first-order valence-corrected chi connectivity index (χ1v) is 9.06. The highest BCUT2D eigenvalue weighted by molar-refractivity contribution is 5.32. The molecule has 4 rings (SSSR count). The number of aliphatic hydroxyl groups excluding tert-OH is 1. The van der Waals surface area contributed by atoms with E-state index in [-0.39, 0.29) is 12.5 Å². The molecule has 0 bridgehead atoms.